The Hall–Kier alpha value is -2.38. The molecule has 0 amide bonds. The number of hydrogen-bond acceptors (Lipinski definition) is 4. The molecule has 0 radical (unpaired) electrons. The van der Waals surface area contributed by atoms with Gasteiger partial charge < -0.3 is 4.74 Å². The second-order valence-electron chi connectivity index (χ2n) is 3.65. The van der Waals surface area contributed by atoms with Crippen LogP contribution in [0.3, 0.4) is 0 Å². The topological polar surface area (TPSA) is 69.4 Å². The lowest BCUT2D eigenvalue weighted by Gasteiger charge is -2.07. The number of carbonyl (C=O) groups excluding carboxylic acids is 1. The van der Waals surface area contributed by atoms with E-state index < -0.39 is 28.3 Å². The molecule has 0 spiro atoms. The van der Waals surface area contributed by atoms with Crippen molar-refractivity contribution in [1.82, 2.24) is 0 Å². The molecule has 0 aromatic heterocycles. The lowest BCUT2D eigenvalue weighted by atomic mass is 10.1. The Morgan fingerprint density at radius 3 is 2.55 bits per heavy atom. The molecule has 0 saturated carbocycles. The predicted octanol–water partition coefficient (Wildman–Crippen LogP) is 3.19. The van der Waals surface area contributed by atoms with Crippen LogP contribution in [0.5, 0.6) is 0 Å². The first kappa shape index (κ1) is 15.7. The van der Waals surface area contributed by atoms with Crippen LogP contribution in [-0.2, 0) is 15.7 Å². The van der Waals surface area contributed by atoms with E-state index in [9.17, 15) is 28.1 Å². The molecule has 1 rings (SSSR count). The summed E-state index contributed by atoms with van der Waals surface area (Å²) >= 11 is 0. The van der Waals surface area contributed by atoms with Crippen molar-refractivity contribution in [3.8, 4) is 0 Å². The second-order valence-corrected chi connectivity index (χ2v) is 3.65. The summed E-state index contributed by atoms with van der Waals surface area (Å²) in [5.74, 6) is -0.743. The number of non-ortho nitro benzene ring substituents is 1. The molecule has 0 atom stereocenters. The molecule has 0 aliphatic heterocycles. The monoisotopic (exact) mass is 289 g/mol. The van der Waals surface area contributed by atoms with Gasteiger partial charge >= 0.3 is 12.1 Å². The van der Waals surface area contributed by atoms with Crippen LogP contribution in [0.1, 0.15) is 18.1 Å². The summed E-state index contributed by atoms with van der Waals surface area (Å²) in [7, 11) is 0. The van der Waals surface area contributed by atoms with Crippen LogP contribution in [0.2, 0.25) is 0 Å². The number of nitrogens with zero attached hydrogens (tertiary/aromatic N) is 1. The summed E-state index contributed by atoms with van der Waals surface area (Å²) in [6.45, 7) is 1.69. The lowest BCUT2D eigenvalue weighted by molar-refractivity contribution is -0.385. The number of halogens is 3. The van der Waals surface area contributed by atoms with Gasteiger partial charge in [-0.3, -0.25) is 10.1 Å². The SMILES string of the molecule is CCOC(=O)C=Cc1cc([N+](=O)[O-])cc(C(F)(F)F)c1. The van der Waals surface area contributed by atoms with Crippen LogP contribution < -0.4 is 0 Å². The minimum atomic E-state index is -4.71. The Morgan fingerprint density at radius 2 is 2.05 bits per heavy atom. The average molecular weight is 289 g/mol. The van der Waals surface area contributed by atoms with Crippen molar-refractivity contribution < 1.29 is 27.6 Å². The minimum absolute atomic E-state index is 0.112. The van der Waals surface area contributed by atoms with E-state index in [1.165, 1.54) is 0 Å². The molecule has 1 aromatic carbocycles. The van der Waals surface area contributed by atoms with Gasteiger partial charge in [0.05, 0.1) is 17.1 Å². The predicted molar refractivity (Wildman–Crippen MR) is 63.8 cm³/mol. The number of hydrogen-bond donors (Lipinski definition) is 0. The number of esters is 1. The quantitative estimate of drug-likeness (QED) is 0.369. The minimum Gasteiger partial charge on any atom is -0.463 e. The maximum atomic E-state index is 12.6. The first-order valence-electron chi connectivity index (χ1n) is 5.45. The lowest BCUT2D eigenvalue weighted by Crippen LogP contribution is -2.06. The zero-order valence-electron chi connectivity index (χ0n) is 10.3. The fourth-order valence-electron chi connectivity index (χ4n) is 1.35. The summed E-state index contributed by atoms with van der Waals surface area (Å²) in [4.78, 5) is 20.7. The Balaban J connectivity index is 3.16. The van der Waals surface area contributed by atoms with Crippen molar-refractivity contribution >= 4 is 17.7 Å². The van der Waals surface area contributed by atoms with Crippen LogP contribution in [0.4, 0.5) is 18.9 Å². The molecule has 0 heterocycles. The fraction of sp³-hybridized carbons (Fsp3) is 0.250. The standard InChI is InChI=1S/C12H10F3NO4/c1-2-20-11(17)4-3-8-5-9(12(13,14)15)7-10(6-8)16(18)19/h3-7H,2H2,1H3. The van der Waals surface area contributed by atoms with E-state index in [2.05, 4.69) is 4.74 Å². The second kappa shape index (κ2) is 6.18. The van der Waals surface area contributed by atoms with Crippen molar-refractivity contribution in [2.75, 3.05) is 6.61 Å². The molecule has 0 aliphatic carbocycles. The van der Waals surface area contributed by atoms with Crippen LogP contribution >= 0.6 is 0 Å². The zero-order valence-corrected chi connectivity index (χ0v) is 10.3. The molecule has 0 unspecified atom stereocenters. The Morgan fingerprint density at radius 1 is 1.40 bits per heavy atom. The van der Waals surface area contributed by atoms with Gasteiger partial charge in [-0.1, -0.05) is 0 Å². The van der Waals surface area contributed by atoms with Crippen molar-refractivity contribution in [3.05, 3.63) is 45.5 Å². The molecule has 5 nitrogen and oxygen atoms in total. The third kappa shape index (κ3) is 4.38. The molecule has 0 saturated heterocycles. The highest BCUT2D eigenvalue weighted by atomic mass is 19.4. The summed E-state index contributed by atoms with van der Waals surface area (Å²) < 4.78 is 42.3. The summed E-state index contributed by atoms with van der Waals surface area (Å²) in [5, 5.41) is 10.6. The highest BCUT2D eigenvalue weighted by Gasteiger charge is 2.32. The molecule has 20 heavy (non-hydrogen) atoms. The maximum Gasteiger partial charge on any atom is 0.416 e. The van der Waals surface area contributed by atoms with Gasteiger partial charge in [0.25, 0.3) is 5.69 Å². The van der Waals surface area contributed by atoms with E-state index in [0.717, 1.165) is 18.2 Å². The van der Waals surface area contributed by atoms with Gasteiger partial charge in [-0.2, -0.15) is 13.2 Å². The van der Waals surface area contributed by atoms with E-state index >= 15 is 0 Å². The van der Waals surface area contributed by atoms with E-state index in [1.807, 2.05) is 0 Å². The molecular weight excluding hydrogens is 279 g/mol. The number of alkyl halides is 3. The Bertz CT molecular complexity index is 552. The van der Waals surface area contributed by atoms with Crippen LogP contribution in [0.15, 0.2) is 24.3 Å². The van der Waals surface area contributed by atoms with Crippen LogP contribution in [0, 0.1) is 10.1 Å². The molecule has 0 N–H and O–H groups in total. The normalized spacial score (nSPS) is 11.6. The van der Waals surface area contributed by atoms with Gasteiger partial charge in [0.15, 0.2) is 0 Å². The molecule has 1 aromatic rings. The number of ether oxygens (including phenoxy) is 1. The van der Waals surface area contributed by atoms with E-state index in [1.54, 1.807) is 6.92 Å². The van der Waals surface area contributed by atoms with Gasteiger partial charge in [0, 0.05) is 18.2 Å². The third-order valence-electron chi connectivity index (χ3n) is 2.18. The van der Waals surface area contributed by atoms with E-state index in [0.29, 0.717) is 12.1 Å². The summed E-state index contributed by atoms with van der Waals surface area (Å²) in [6.07, 6.45) is -2.78. The Labute approximate surface area is 111 Å². The summed E-state index contributed by atoms with van der Waals surface area (Å²) in [5.41, 5.74) is -1.97. The van der Waals surface area contributed by atoms with Gasteiger partial charge in [-0.15, -0.1) is 0 Å². The molecule has 0 aliphatic rings. The number of benzene rings is 1. The smallest absolute Gasteiger partial charge is 0.416 e. The van der Waals surface area contributed by atoms with Crippen molar-refractivity contribution in [3.63, 3.8) is 0 Å². The number of rotatable bonds is 4. The van der Waals surface area contributed by atoms with Gasteiger partial charge in [-0.25, -0.2) is 4.79 Å². The van der Waals surface area contributed by atoms with Gasteiger partial charge in [-0.05, 0) is 24.6 Å². The number of carbonyl (C=O) groups is 1. The Kier molecular flexibility index (Phi) is 4.84. The third-order valence-corrected chi connectivity index (χ3v) is 2.18. The fourth-order valence-corrected chi connectivity index (χ4v) is 1.35. The maximum absolute atomic E-state index is 12.6. The molecular formula is C12H10F3NO4. The summed E-state index contributed by atoms with van der Waals surface area (Å²) in [6, 6.07) is 2.08. The molecule has 0 bridgehead atoms. The van der Waals surface area contributed by atoms with Gasteiger partial charge in [0.2, 0.25) is 0 Å². The average Bonchev–Trinajstić information content (AvgIpc) is 2.35. The van der Waals surface area contributed by atoms with Gasteiger partial charge in [0.1, 0.15) is 0 Å². The highest BCUT2D eigenvalue weighted by molar-refractivity contribution is 5.87. The van der Waals surface area contributed by atoms with Crippen molar-refractivity contribution in [1.29, 1.82) is 0 Å². The number of nitro groups is 1. The first-order chi connectivity index (χ1) is 9.24. The van der Waals surface area contributed by atoms with Crippen LogP contribution in [-0.4, -0.2) is 17.5 Å². The molecule has 8 heteroatoms. The molecule has 0 fully saturated rings. The molecule has 108 valence electrons. The van der Waals surface area contributed by atoms with Crippen LogP contribution in [0.25, 0.3) is 6.08 Å². The zero-order chi connectivity index (χ0) is 15.3. The van der Waals surface area contributed by atoms with E-state index in [4.69, 9.17) is 0 Å². The van der Waals surface area contributed by atoms with Crippen molar-refractivity contribution in [2.45, 2.75) is 13.1 Å². The largest absolute Gasteiger partial charge is 0.463 e. The van der Waals surface area contributed by atoms with Crippen molar-refractivity contribution in [2.24, 2.45) is 0 Å². The number of nitro benzene ring substituents is 1. The highest BCUT2D eigenvalue weighted by Crippen LogP contribution is 2.32. The van der Waals surface area contributed by atoms with E-state index in [-0.39, 0.29) is 12.2 Å². The first-order valence-corrected chi connectivity index (χ1v) is 5.45.